The molecule has 0 saturated carbocycles. The molecule has 3 aromatic carbocycles. The first-order valence-electron chi connectivity index (χ1n) is 12.2. The SMILES string of the molecule is COC(=O)Cc1c(C2C(CC(=O)OC)c3ccccc3N2S(=O)(=O)c2ccc(C)cc2)[nH]c2ccccc12. The van der Waals surface area contributed by atoms with Gasteiger partial charge in [0.1, 0.15) is 0 Å². The number of anilines is 1. The summed E-state index contributed by atoms with van der Waals surface area (Å²) >= 11 is 0. The first-order chi connectivity index (χ1) is 18.3. The van der Waals surface area contributed by atoms with Crippen LogP contribution in [0.15, 0.2) is 77.7 Å². The van der Waals surface area contributed by atoms with Gasteiger partial charge in [0.2, 0.25) is 0 Å². The molecule has 0 aliphatic carbocycles. The monoisotopic (exact) mass is 532 g/mol. The summed E-state index contributed by atoms with van der Waals surface area (Å²) in [6, 6.07) is 20.5. The predicted molar refractivity (Wildman–Crippen MR) is 143 cm³/mol. The van der Waals surface area contributed by atoms with E-state index >= 15 is 0 Å². The van der Waals surface area contributed by atoms with E-state index in [0.717, 1.165) is 16.5 Å². The number of rotatable bonds is 7. The van der Waals surface area contributed by atoms with E-state index in [9.17, 15) is 18.0 Å². The second-order valence-electron chi connectivity index (χ2n) is 9.32. The smallest absolute Gasteiger partial charge is 0.310 e. The zero-order valence-electron chi connectivity index (χ0n) is 21.3. The second-order valence-corrected chi connectivity index (χ2v) is 11.1. The summed E-state index contributed by atoms with van der Waals surface area (Å²) in [4.78, 5) is 28.6. The van der Waals surface area contributed by atoms with Crippen LogP contribution in [0.4, 0.5) is 5.69 Å². The number of nitrogens with zero attached hydrogens (tertiary/aromatic N) is 1. The zero-order valence-corrected chi connectivity index (χ0v) is 22.1. The normalized spacial score (nSPS) is 16.9. The molecule has 8 nitrogen and oxygen atoms in total. The number of hydrogen-bond donors (Lipinski definition) is 1. The van der Waals surface area contributed by atoms with E-state index in [0.29, 0.717) is 22.5 Å². The highest BCUT2D eigenvalue weighted by Gasteiger charge is 2.48. The number of methoxy groups -OCH3 is 2. The van der Waals surface area contributed by atoms with Gasteiger partial charge in [-0.25, -0.2) is 8.42 Å². The number of sulfonamides is 1. The van der Waals surface area contributed by atoms with Crippen molar-refractivity contribution in [3.05, 3.63) is 95.2 Å². The third-order valence-electron chi connectivity index (χ3n) is 7.09. The topological polar surface area (TPSA) is 106 Å². The molecule has 1 N–H and O–H groups in total. The van der Waals surface area contributed by atoms with E-state index < -0.39 is 33.9 Å². The van der Waals surface area contributed by atoms with Gasteiger partial charge < -0.3 is 14.5 Å². The average molecular weight is 533 g/mol. The number of aryl methyl sites for hydroxylation is 1. The first kappa shape index (κ1) is 25.5. The van der Waals surface area contributed by atoms with Crippen molar-refractivity contribution in [1.82, 2.24) is 4.98 Å². The summed E-state index contributed by atoms with van der Waals surface area (Å²) in [7, 11) is -1.46. The van der Waals surface area contributed by atoms with E-state index in [2.05, 4.69) is 4.98 Å². The summed E-state index contributed by atoms with van der Waals surface area (Å²) < 4.78 is 40.0. The Labute approximate surface area is 221 Å². The molecule has 0 saturated heterocycles. The van der Waals surface area contributed by atoms with Gasteiger partial charge >= 0.3 is 11.9 Å². The molecule has 196 valence electrons. The number of benzene rings is 3. The molecule has 0 fully saturated rings. The minimum Gasteiger partial charge on any atom is -0.469 e. The molecule has 2 heterocycles. The van der Waals surface area contributed by atoms with Crippen molar-refractivity contribution in [3.8, 4) is 0 Å². The highest BCUT2D eigenvalue weighted by atomic mass is 32.2. The summed E-state index contributed by atoms with van der Waals surface area (Å²) in [5, 5.41) is 0.786. The third-order valence-corrected chi connectivity index (χ3v) is 8.90. The van der Waals surface area contributed by atoms with Gasteiger partial charge in [-0.1, -0.05) is 54.1 Å². The molecular weight excluding hydrogens is 504 g/mol. The fourth-order valence-electron chi connectivity index (χ4n) is 5.27. The van der Waals surface area contributed by atoms with E-state index in [1.807, 2.05) is 43.3 Å². The number of nitrogens with one attached hydrogen (secondary N) is 1. The highest BCUT2D eigenvalue weighted by Crippen LogP contribution is 2.54. The molecule has 0 amide bonds. The van der Waals surface area contributed by atoms with Gasteiger partial charge in [-0.3, -0.25) is 13.9 Å². The maximum atomic E-state index is 14.3. The number of aromatic nitrogens is 1. The Morgan fingerprint density at radius 3 is 2.26 bits per heavy atom. The maximum Gasteiger partial charge on any atom is 0.310 e. The van der Waals surface area contributed by atoms with Crippen LogP contribution in [0.25, 0.3) is 10.9 Å². The van der Waals surface area contributed by atoms with Crippen molar-refractivity contribution in [3.63, 3.8) is 0 Å². The lowest BCUT2D eigenvalue weighted by molar-refractivity contribution is -0.141. The van der Waals surface area contributed by atoms with Gasteiger partial charge in [0.25, 0.3) is 10.0 Å². The van der Waals surface area contributed by atoms with Crippen molar-refractivity contribution in [1.29, 1.82) is 0 Å². The Morgan fingerprint density at radius 2 is 1.55 bits per heavy atom. The van der Waals surface area contributed by atoms with E-state index in [-0.39, 0.29) is 17.7 Å². The lowest BCUT2D eigenvalue weighted by Gasteiger charge is -2.30. The van der Waals surface area contributed by atoms with Gasteiger partial charge in [-0.05, 0) is 42.3 Å². The van der Waals surface area contributed by atoms with E-state index in [4.69, 9.17) is 9.47 Å². The molecule has 5 rings (SSSR count). The number of fused-ring (bicyclic) bond motifs is 2. The minimum atomic E-state index is -4.08. The third kappa shape index (κ3) is 4.32. The van der Waals surface area contributed by atoms with E-state index in [1.54, 1.807) is 36.4 Å². The number of carbonyl (C=O) groups excluding carboxylic acids is 2. The van der Waals surface area contributed by atoms with Crippen molar-refractivity contribution >= 4 is 38.6 Å². The standard InChI is InChI=1S/C29H28N2O6S/c1-18-12-14-19(15-13-18)38(34,35)31-25-11-7-5-9-21(25)23(17-27(33)37-3)29(31)28-22(16-26(32)36-2)20-8-4-6-10-24(20)30-28/h4-15,23,29-30H,16-17H2,1-3H3. The fraction of sp³-hybridized carbons (Fsp3) is 0.241. The molecule has 1 aliphatic rings. The van der Waals surface area contributed by atoms with Crippen LogP contribution in [0.5, 0.6) is 0 Å². The number of esters is 2. The molecule has 1 aliphatic heterocycles. The number of H-pyrrole nitrogens is 1. The molecule has 0 bridgehead atoms. The Morgan fingerprint density at radius 1 is 0.895 bits per heavy atom. The van der Waals surface area contributed by atoms with Crippen molar-refractivity contribution in [2.75, 3.05) is 18.5 Å². The number of carbonyl (C=O) groups is 2. The maximum absolute atomic E-state index is 14.3. The van der Waals surface area contributed by atoms with Crippen LogP contribution in [0.3, 0.4) is 0 Å². The summed E-state index contributed by atoms with van der Waals surface area (Å²) in [6.07, 6.45) is -0.114. The summed E-state index contributed by atoms with van der Waals surface area (Å²) in [5.74, 6) is -1.48. The molecule has 9 heteroatoms. The molecule has 1 aromatic heterocycles. The van der Waals surface area contributed by atoms with Crippen LogP contribution in [0.2, 0.25) is 0 Å². The number of aromatic amines is 1. The Balaban J connectivity index is 1.79. The fourth-order valence-corrected chi connectivity index (χ4v) is 6.95. The van der Waals surface area contributed by atoms with Crippen molar-refractivity contribution in [2.45, 2.75) is 36.6 Å². The predicted octanol–water partition coefficient (Wildman–Crippen LogP) is 4.79. The van der Waals surface area contributed by atoms with Gasteiger partial charge in [0, 0.05) is 22.5 Å². The van der Waals surface area contributed by atoms with Gasteiger partial charge in [0.05, 0.1) is 43.7 Å². The molecule has 4 aromatic rings. The summed E-state index contributed by atoms with van der Waals surface area (Å²) in [6.45, 7) is 1.89. The highest BCUT2D eigenvalue weighted by molar-refractivity contribution is 7.92. The summed E-state index contributed by atoms with van der Waals surface area (Å²) in [5.41, 5.74) is 4.04. The Kier molecular flexibility index (Phi) is 6.71. The van der Waals surface area contributed by atoms with Crippen LogP contribution >= 0.6 is 0 Å². The van der Waals surface area contributed by atoms with Gasteiger partial charge in [-0.2, -0.15) is 0 Å². The molecular formula is C29H28N2O6S. The van der Waals surface area contributed by atoms with E-state index in [1.165, 1.54) is 18.5 Å². The molecule has 2 atom stereocenters. The van der Waals surface area contributed by atoms with Crippen LogP contribution in [-0.4, -0.2) is 39.6 Å². The quantitative estimate of drug-likeness (QED) is 0.343. The largest absolute Gasteiger partial charge is 0.469 e. The van der Waals surface area contributed by atoms with Crippen molar-refractivity contribution in [2.24, 2.45) is 0 Å². The second kappa shape index (κ2) is 9.98. The lowest BCUT2D eigenvalue weighted by Crippen LogP contribution is -2.34. The Hall–Kier alpha value is -4.11. The van der Waals surface area contributed by atoms with Crippen molar-refractivity contribution < 1.29 is 27.5 Å². The average Bonchev–Trinajstić information content (AvgIpc) is 3.44. The zero-order chi connectivity index (χ0) is 27.0. The number of para-hydroxylation sites is 2. The molecule has 0 radical (unpaired) electrons. The lowest BCUT2D eigenvalue weighted by atomic mass is 9.88. The van der Waals surface area contributed by atoms with Gasteiger partial charge in [-0.15, -0.1) is 0 Å². The number of ether oxygens (including phenoxy) is 2. The molecule has 0 spiro atoms. The number of hydrogen-bond acceptors (Lipinski definition) is 6. The van der Waals surface area contributed by atoms with Crippen LogP contribution < -0.4 is 4.31 Å². The molecule has 38 heavy (non-hydrogen) atoms. The minimum absolute atomic E-state index is 0.0505. The van der Waals surface area contributed by atoms with Gasteiger partial charge in [0.15, 0.2) is 0 Å². The first-order valence-corrected chi connectivity index (χ1v) is 13.6. The molecule has 2 unspecified atom stereocenters. The van der Waals surface area contributed by atoms with Crippen LogP contribution in [-0.2, 0) is 35.5 Å². The van der Waals surface area contributed by atoms with Crippen LogP contribution in [0, 0.1) is 6.92 Å². The Bertz CT molecular complexity index is 1620. The van der Waals surface area contributed by atoms with Crippen LogP contribution in [0.1, 0.15) is 40.8 Å².